The molecule has 1 aliphatic heterocycles. The SMILES string of the molecule is CN(C)C[C@@H]1CCN(c2ccc(C(F)(F)F)cc2NC(=O)c2cc(C#Cc3cnc(N)nc3)ccc2F)C1. The van der Waals surface area contributed by atoms with E-state index in [0.717, 1.165) is 31.2 Å². The van der Waals surface area contributed by atoms with Gasteiger partial charge in [0.1, 0.15) is 5.82 Å². The summed E-state index contributed by atoms with van der Waals surface area (Å²) in [5.41, 5.74) is 5.39. The summed E-state index contributed by atoms with van der Waals surface area (Å²) in [7, 11) is 3.92. The maximum Gasteiger partial charge on any atom is 0.416 e. The molecule has 0 spiro atoms. The van der Waals surface area contributed by atoms with Gasteiger partial charge in [-0.05, 0) is 62.8 Å². The topological polar surface area (TPSA) is 87.4 Å². The third-order valence-electron chi connectivity index (χ3n) is 6.06. The Kier molecular flexibility index (Phi) is 7.83. The molecular formula is C27H26F4N6O. The van der Waals surface area contributed by atoms with Crippen LogP contribution in [0.3, 0.4) is 0 Å². The first-order chi connectivity index (χ1) is 18.0. The standard InChI is InChI=1S/C27H26F4N6O/c1-36(2)15-19-9-10-37(16-19)24-8-6-20(27(29,30)31)12-23(24)35-25(38)21-11-17(5-7-22(21)28)3-4-18-13-33-26(32)34-14-18/h5-8,11-14,19H,9-10,15-16H2,1-2H3,(H,35,38)(H2,32,33,34)/t19-/m0/s1. The molecule has 1 aromatic heterocycles. The van der Waals surface area contributed by atoms with Crippen LogP contribution < -0.4 is 16.0 Å². The Bertz CT molecular complexity index is 1380. The molecule has 3 aromatic rings. The van der Waals surface area contributed by atoms with Crippen LogP contribution in [-0.4, -0.2) is 54.5 Å². The highest BCUT2D eigenvalue weighted by molar-refractivity contribution is 6.06. The number of nitrogens with zero attached hydrogens (tertiary/aromatic N) is 4. The van der Waals surface area contributed by atoms with Crippen molar-refractivity contribution in [1.82, 2.24) is 14.9 Å². The molecule has 7 nitrogen and oxygen atoms in total. The quantitative estimate of drug-likeness (QED) is 0.382. The van der Waals surface area contributed by atoms with Gasteiger partial charge in [0.25, 0.3) is 5.91 Å². The van der Waals surface area contributed by atoms with Gasteiger partial charge in [-0.25, -0.2) is 14.4 Å². The number of aromatic nitrogens is 2. The first-order valence-corrected chi connectivity index (χ1v) is 11.8. The van der Waals surface area contributed by atoms with Gasteiger partial charge in [0.15, 0.2) is 0 Å². The van der Waals surface area contributed by atoms with Gasteiger partial charge >= 0.3 is 6.18 Å². The van der Waals surface area contributed by atoms with E-state index in [9.17, 15) is 22.4 Å². The van der Waals surface area contributed by atoms with Crippen LogP contribution in [-0.2, 0) is 6.18 Å². The Labute approximate surface area is 217 Å². The van der Waals surface area contributed by atoms with Crippen molar-refractivity contribution in [1.29, 1.82) is 0 Å². The number of nitrogens with one attached hydrogen (secondary N) is 1. The Morgan fingerprint density at radius 1 is 1.13 bits per heavy atom. The van der Waals surface area contributed by atoms with Crippen molar-refractivity contribution in [2.24, 2.45) is 5.92 Å². The van der Waals surface area contributed by atoms with E-state index in [-0.39, 0.29) is 17.2 Å². The second-order valence-electron chi connectivity index (χ2n) is 9.32. The Morgan fingerprint density at radius 3 is 2.53 bits per heavy atom. The molecule has 0 bridgehead atoms. The number of alkyl halides is 3. The van der Waals surface area contributed by atoms with Crippen LogP contribution in [0, 0.1) is 23.6 Å². The van der Waals surface area contributed by atoms with Gasteiger partial charge in [-0.3, -0.25) is 4.79 Å². The van der Waals surface area contributed by atoms with Gasteiger partial charge < -0.3 is 20.9 Å². The average molecular weight is 527 g/mol. The largest absolute Gasteiger partial charge is 0.416 e. The zero-order valence-electron chi connectivity index (χ0n) is 20.8. The molecule has 0 aliphatic carbocycles. The molecule has 198 valence electrons. The predicted octanol–water partition coefficient (Wildman–Crippen LogP) is 4.26. The Hall–Kier alpha value is -4.17. The molecule has 38 heavy (non-hydrogen) atoms. The second kappa shape index (κ2) is 11.1. The molecule has 0 unspecified atom stereocenters. The van der Waals surface area contributed by atoms with E-state index in [1.807, 2.05) is 19.0 Å². The summed E-state index contributed by atoms with van der Waals surface area (Å²) >= 11 is 0. The third-order valence-corrected chi connectivity index (χ3v) is 6.06. The fraction of sp³-hybridized carbons (Fsp3) is 0.296. The monoisotopic (exact) mass is 526 g/mol. The molecule has 1 fully saturated rings. The predicted molar refractivity (Wildman–Crippen MR) is 137 cm³/mol. The summed E-state index contributed by atoms with van der Waals surface area (Å²) in [6.07, 6.45) is -0.907. The third kappa shape index (κ3) is 6.58. The van der Waals surface area contributed by atoms with Crippen LogP contribution in [0.1, 0.15) is 33.5 Å². The van der Waals surface area contributed by atoms with Crippen LogP contribution in [0.4, 0.5) is 34.9 Å². The Morgan fingerprint density at radius 2 is 1.84 bits per heavy atom. The van der Waals surface area contributed by atoms with Crippen LogP contribution in [0.25, 0.3) is 0 Å². The lowest BCUT2D eigenvalue weighted by Gasteiger charge is -2.24. The smallest absolute Gasteiger partial charge is 0.370 e. The summed E-state index contributed by atoms with van der Waals surface area (Å²) in [4.78, 5) is 24.8. The van der Waals surface area contributed by atoms with E-state index >= 15 is 0 Å². The summed E-state index contributed by atoms with van der Waals surface area (Å²) in [5.74, 6) is 4.29. The molecule has 0 radical (unpaired) electrons. The van der Waals surface area contributed by atoms with Crippen molar-refractivity contribution in [3.8, 4) is 11.8 Å². The van der Waals surface area contributed by atoms with Crippen molar-refractivity contribution in [2.45, 2.75) is 12.6 Å². The van der Waals surface area contributed by atoms with Crippen molar-refractivity contribution in [3.63, 3.8) is 0 Å². The van der Waals surface area contributed by atoms with Gasteiger partial charge in [-0.15, -0.1) is 0 Å². The Balaban J connectivity index is 1.61. The first kappa shape index (κ1) is 26.9. The molecular weight excluding hydrogens is 500 g/mol. The maximum absolute atomic E-state index is 14.6. The fourth-order valence-corrected chi connectivity index (χ4v) is 4.32. The molecule has 1 atom stereocenters. The van der Waals surface area contributed by atoms with Crippen LogP contribution >= 0.6 is 0 Å². The molecule has 2 aromatic carbocycles. The van der Waals surface area contributed by atoms with Gasteiger partial charge in [0.2, 0.25) is 5.95 Å². The number of hydrogen-bond acceptors (Lipinski definition) is 6. The number of rotatable bonds is 5. The van der Waals surface area contributed by atoms with E-state index in [1.165, 1.54) is 30.6 Å². The summed E-state index contributed by atoms with van der Waals surface area (Å²) in [6.45, 7) is 2.09. The molecule has 0 saturated carbocycles. The van der Waals surface area contributed by atoms with Crippen molar-refractivity contribution in [2.75, 3.05) is 49.7 Å². The lowest BCUT2D eigenvalue weighted by atomic mass is 10.1. The van der Waals surface area contributed by atoms with Crippen LogP contribution in [0.5, 0.6) is 0 Å². The summed E-state index contributed by atoms with van der Waals surface area (Å²) in [6, 6.07) is 6.94. The van der Waals surface area contributed by atoms with Crippen molar-refractivity contribution >= 4 is 23.2 Å². The number of nitrogens with two attached hydrogens (primary N) is 1. The van der Waals surface area contributed by atoms with Crippen LogP contribution in [0.2, 0.25) is 0 Å². The summed E-state index contributed by atoms with van der Waals surface area (Å²) in [5, 5.41) is 2.51. The van der Waals surface area contributed by atoms with Gasteiger partial charge in [0.05, 0.1) is 28.1 Å². The molecule has 4 rings (SSSR count). The van der Waals surface area contributed by atoms with Crippen LogP contribution in [0.15, 0.2) is 48.8 Å². The molecule has 11 heteroatoms. The van der Waals surface area contributed by atoms with Gasteiger partial charge in [0, 0.05) is 37.6 Å². The molecule has 2 heterocycles. The lowest BCUT2D eigenvalue weighted by molar-refractivity contribution is -0.137. The maximum atomic E-state index is 14.6. The number of nitrogen functional groups attached to an aromatic ring is 1. The average Bonchev–Trinajstić information content (AvgIpc) is 3.31. The summed E-state index contributed by atoms with van der Waals surface area (Å²) < 4.78 is 55.1. The molecule has 1 amide bonds. The van der Waals surface area contributed by atoms with Gasteiger partial charge in [-0.2, -0.15) is 13.2 Å². The number of hydrogen-bond donors (Lipinski definition) is 2. The number of anilines is 3. The van der Waals surface area contributed by atoms with E-state index < -0.39 is 23.5 Å². The molecule has 3 N–H and O–H groups in total. The number of carbonyl (C=O) groups is 1. The minimum atomic E-state index is -4.61. The number of benzene rings is 2. The normalized spacial score (nSPS) is 15.3. The lowest BCUT2D eigenvalue weighted by Crippen LogP contribution is -2.27. The minimum absolute atomic E-state index is 0.0368. The highest BCUT2D eigenvalue weighted by Crippen LogP contribution is 2.37. The van der Waals surface area contributed by atoms with Gasteiger partial charge in [-0.1, -0.05) is 11.8 Å². The van der Waals surface area contributed by atoms with Crippen molar-refractivity contribution < 1.29 is 22.4 Å². The van der Waals surface area contributed by atoms with E-state index in [4.69, 9.17) is 5.73 Å². The zero-order chi connectivity index (χ0) is 27.4. The molecule has 1 aliphatic rings. The molecule has 1 saturated heterocycles. The second-order valence-corrected chi connectivity index (χ2v) is 9.32. The first-order valence-electron chi connectivity index (χ1n) is 11.8. The van der Waals surface area contributed by atoms with E-state index in [2.05, 4.69) is 32.0 Å². The zero-order valence-corrected chi connectivity index (χ0v) is 20.8. The highest BCUT2D eigenvalue weighted by Gasteiger charge is 2.33. The fourth-order valence-electron chi connectivity index (χ4n) is 4.32. The van der Waals surface area contributed by atoms with E-state index in [0.29, 0.717) is 35.8 Å². The highest BCUT2D eigenvalue weighted by atomic mass is 19.4. The van der Waals surface area contributed by atoms with Crippen molar-refractivity contribution in [3.05, 3.63) is 76.9 Å². The number of halogens is 4. The number of carbonyl (C=O) groups excluding carboxylic acids is 1. The minimum Gasteiger partial charge on any atom is -0.370 e. The number of amides is 1. The van der Waals surface area contributed by atoms with E-state index in [1.54, 1.807) is 0 Å².